The second-order valence-electron chi connectivity index (χ2n) is 7.20. The largest absolute Gasteiger partial charge is 0.494 e. The Kier molecular flexibility index (Phi) is 4.45. The van der Waals surface area contributed by atoms with Crippen LogP contribution in [0.5, 0.6) is 5.75 Å². The number of carbonyl (C=O) groups excluding carboxylic acids is 1. The van der Waals surface area contributed by atoms with Crippen molar-refractivity contribution in [2.75, 3.05) is 11.9 Å². The fraction of sp³-hybridized carbons (Fsp3) is 0.381. The number of rotatable bonds is 3. The zero-order chi connectivity index (χ0) is 20.0. The van der Waals surface area contributed by atoms with Crippen molar-refractivity contribution >= 4 is 11.6 Å². The lowest BCUT2D eigenvalue weighted by atomic mass is 9.76. The molecule has 2 aliphatic rings. The van der Waals surface area contributed by atoms with Gasteiger partial charge in [0.25, 0.3) is 5.56 Å². The van der Waals surface area contributed by atoms with Crippen molar-refractivity contribution in [1.82, 2.24) is 9.13 Å². The third kappa shape index (κ3) is 2.69. The number of Topliss-reactive ketones (excluding diaryl/α,β-unsaturated/α-hetero) is 1. The molecule has 1 aromatic carbocycles. The maximum Gasteiger partial charge on any atom is 0.332 e. The topological polar surface area (TPSA) is 82.3 Å². The first-order valence-corrected chi connectivity index (χ1v) is 9.50. The molecule has 0 spiro atoms. The molecule has 2 heterocycles. The van der Waals surface area contributed by atoms with Gasteiger partial charge in [0.2, 0.25) is 0 Å². The molecule has 4 rings (SSSR count). The molecule has 146 valence electrons. The summed E-state index contributed by atoms with van der Waals surface area (Å²) in [6.45, 7) is 2.48. The summed E-state index contributed by atoms with van der Waals surface area (Å²) in [5.74, 6) is 0.757. The monoisotopic (exact) mass is 381 g/mol. The molecule has 0 saturated heterocycles. The van der Waals surface area contributed by atoms with Crippen molar-refractivity contribution in [2.24, 2.45) is 14.1 Å². The van der Waals surface area contributed by atoms with Crippen molar-refractivity contribution in [3.8, 4) is 5.75 Å². The quantitative estimate of drug-likeness (QED) is 0.880. The van der Waals surface area contributed by atoms with Crippen molar-refractivity contribution in [1.29, 1.82) is 0 Å². The number of ketones is 1. The minimum absolute atomic E-state index is 0.0502. The first-order chi connectivity index (χ1) is 13.4. The van der Waals surface area contributed by atoms with Crippen LogP contribution in [0.4, 0.5) is 5.82 Å². The van der Waals surface area contributed by atoms with Crippen LogP contribution in [0.25, 0.3) is 0 Å². The van der Waals surface area contributed by atoms with Gasteiger partial charge in [-0.05, 0) is 37.5 Å². The molecule has 1 aliphatic heterocycles. The molecular formula is C21H23N3O4. The van der Waals surface area contributed by atoms with Gasteiger partial charge in [-0.3, -0.25) is 18.7 Å². The highest BCUT2D eigenvalue weighted by molar-refractivity contribution is 6.00. The van der Waals surface area contributed by atoms with Crippen molar-refractivity contribution in [3.05, 3.63) is 67.5 Å². The number of ether oxygens (including phenoxy) is 1. The number of nitrogens with zero attached hydrogens (tertiary/aromatic N) is 2. The highest BCUT2D eigenvalue weighted by Gasteiger charge is 2.38. The smallest absolute Gasteiger partial charge is 0.332 e. The minimum Gasteiger partial charge on any atom is -0.494 e. The number of nitrogens with one attached hydrogen (secondary N) is 1. The normalized spacial score (nSPS) is 18.4. The van der Waals surface area contributed by atoms with Crippen LogP contribution in [0.1, 0.15) is 43.2 Å². The molecule has 0 fully saturated rings. The molecule has 0 radical (unpaired) electrons. The van der Waals surface area contributed by atoms with Crippen LogP contribution in [0.15, 0.2) is 45.1 Å². The van der Waals surface area contributed by atoms with Gasteiger partial charge in [-0.25, -0.2) is 4.79 Å². The van der Waals surface area contributed by atoms with Gasteiger partial charge in [0, 0.05) is 37.7 Å². The molecule has 1 unspecified atom stereocenters. The summed E-state index contributed by atoms with van der Waals surface area (Å²) in [4.78, 5) is 38.3. The van der Waals surface area contributed by atoms with Crippen molar-refractivity contribution < 1.29 is 9.53 Å². The molecular weight excluding hydrogens is 358 g/mol. The van der Waals surface area contributed by atoms with Crippen LogP contribution >= 0.6 is 0 Å². The molecule has 1 N–H and O–H groups in total. The van der Waals surface area contributed by atoms with Crippen molar-refractivity contribution in [2.45, 2.75) is 32.1 Å². The number of hydrogen-bond acceptors (Lipinski definition) is 5. The van der Waals surface area contributed by atoms with Gasteiger partial charge in [0.1, 0.15) is 11.6 Å². The Morgan fingerprint density at radius 1 is 1.07 bits per heavy atom. The Bertz CT molecular complexity index is 1110. The fourth-order valence-corrected chi connectivity index (χ4v) is 4.15. The predicted octanol–water partition coefficient (Wildman–Crippen LogP) is 2.05. The van der Waals surface area contributed by atoms with Crippen molar-refractivity contribution in [3.63, 3.8) is 0 Å². The number of hydrogen-bond donors (Lipinski definition) is 1. The Morgan fingerprint density at radius 2 is 1.79 bits per heavy atom. The van der Waals surface area contributed by atoms with Crippen LogP contribution in [-0.4, -0.2) is 21.5 Å². The highest BCUT2D eigenvalue weighted by Crippen LogP contribution is 2.43. The lowest BCUT2D eigenvalue weighted by molar-refractivity contribution is -0.116. The fourth-order valence-electron chi connectivity index (χ4n) is 4.15. The van der Waals surface area contributed by atoms with E-state index in [9.17, 15) is 14.4 Å². The maximum absolute atomic E-state index is 13.1. The summed E-state index contributed by atoms with van der Waals surface area (Å²) < 4.78 is 8.06. The standard InChI is InChI=1S/C21H23N3O4/c1-4-28-13-10-8-12(9-11-13)16-17-14(6-5-7-15(17)25)22-19-18(16)20(26)24(3)21(27)23(19)2/h8-11,16,22H,4-7H2,1-3H3. The summed E-state index contributed by atoms with van der Waals surface area (Å²) in [7, 11) is 3.10. The molecule has 1 atom stereocenters. The molecule has 0 bridgehead atoms. The van der Waals surface area contributed by atoms with E-state index >= 15 is 0 Å². The van der Waals surface area contributed by atoms with E-state index in [1.165, 1.54) is 11.6 Å². The van der Waals surface area contributed by atoms with E-state index in [2.05, 4.69) is 5.32 Å². The van der Waals surface area contributed by atoms with Crippen LogP contribution in [0.2, 0.25) is 0 Å². The second kappa shape index (κ2) is 6.82. The Labute approximate surface area is 162 Å². The van der Waals surface area contributed by atoms with E-state index in [1.807, 2.05) is 31.2 Å². The summed E-state index contributed by atoms with van der Waals surface area (Å²) >= 11 is 0. The Hall–Kier alpha value is -3.09. The van der Waals surface area contributed by atoms with Gasteiger partial charge in [0.05, 0.1) is 12.2 Å². The number of aromatic nitrogens is 2. The summed E-state index contributed by atoms with van der Waals surface area (Å²) in [5, 5.41) is 3.22. The molecule has 0 saturated carbocycles. The summed E-state index contributed by atoms with van der Waals surface area (Å²) in [6.07, 6.45) is 1.95. The van der Waals surface area contributed by atoms with E-state index < -0.39 is 11.6 Å². The minimum atomic E-state index is -0.500. The predicted molar refractivity (Wildman–Crippen MR) is 106 cm³/mol. The van der Waals surface area contributed by atoms with Crippen LogP contribution in [0.3, 0.4) is 0 Å². The zero-order valence-corrected chi connectivity index (χ0v) is 16.2. The van der Waals surface area contributed by atoms with E-state index in [1.54, 1.807) is 7.05 Å². The molecule has 7 nitrogen and oxygen atoms in total. The first-order valence-electron chi connectivity index (χ1n) is 9.50. The van der Waals surface area contributed by atoms with Crippen LogP contribution in [0, 0.1) is 0 Å². The lowest BCUT2D eigenvalue weighted by Crippen LogP contribution is -2.44. The van der Waals surface area contributed by atoms with Gasteiger partial charge in [0.15, 0.2) is 5.78 Å². The number of allylic oxidation sites excluding steroid dienone is 2. The van der Waals surface area contributed by atoms with Crippen LogP contribution < -0.4 is 21.3 Å². The Balaban J connectivity index is 1.99. The average molecular weight is 381 g/mol. The maximum atomic E-state index is 13.1. The third-order valence-corrected chi connectivity index (χ3v) is 5.53. The Morgan fingerprint density at radius 3 is 2.46 bits per heavy atom. The van der Waals surface area contributed by atoms with Gasteiger partial charge in [-0.15, -0.1) is 0 Å². The number of carbonyl (C=O) groups is 1. The van der Waals surface area contributed by atoms with Crippen LogP contribution in [-0.2, 0) is 18.9 Å². The number of benzene rings is 1. The van der Waals surface area contributed by atoms with E-state index in [0.717, 1.165) is 34.4 Å². The molecule has 7 heteroatoms. The van der Waals surface area contributed by atoms with E-state index in [4.69, 9.17) is 4.74 Å². The SMILES string of the molecule is CCOc1ccc(C2C3=C(CCCC3=O)Nc3c2c(=O)n(C)c(=O)n3C)cc1. The van der Waals surface area contributed by atoms with Gasteiger partial charge < -0.3 is 10.1 Å². The third-order valence-electron chi connectivity index (χ3n) is 5.53. The zero-order valence-electron chi connectivity index (χ0n) is 16.2. The van der Waals surface area contributed by atoms with Gasteiger partial charge in [-0.1, -0.05) is 12.1 Å². The van der Waals surface area contributed by atoms with E-state index in [-0.39, 0.29) is 11.3 Å². The highest BCUT2D eigenvalue weighted by atomic mass is 16.5. The number of fused-ring (bicyclic) bond motifs is 1. The first kappa shape index (κ1) is 18.3. The number of anilines is 1. The molecule has 1 aromatic heterocycles. The molecule has 1 aliphatic carbocycles. The van der Waals surface area contributed by atoms with E-state index in [0.29, 0.717) is 30.0 Å². The lowest BCUT2D eigenvalue weighted by Gasteiger charge is -2.34. The van der Waals surface area contributed by atoms with Gasteiger partial charge >= 0.3 is 5.69 Å². The average Bonchev–Trinajstić information content (AvgIpc) is 2.70. The molecule has 0 amide bonds. The van der Waals surface area contributed by atoms with Gasteiger partial charge in [-0.2, -0.15) is 0 Å². The summed E-state index contributed by atoms with van der Waals surface area (Å²) in [6, 6.07) is 7.48. The summed E-state index contributed by atoms with van der Waals surface area (Å²) in [5.41, 5.74) is 1.94. The second-order valence-corrected chi connectivity index (χ2v) is 7.20. The molecule has 28 heavy (non-hydrogen) atoms. The molecule has 2 aromatic rings.